The molecule has 1 aromatic rings. The molecule has 0 spiro atoms. The molecule has 4 heteroatoms. The minimum atomic E-state index is 0.157. The maximum Gasteiger partial charge on any atom is 0.233 e. The van der Waals surface area contributed by atoms with Gasteiger partial charge in [0.1, 0.15) is 0 Å². The Kier molecular flexibility index (Phi) is 2.06. The van der Waals surface area contributed by atoms with E-state index in [1.807, 2.05) is 14.0 Å². The quantitative estimate of drug-likeness (QED) is 0.822. The molecule has 82 valence electrons. The minimum Gasteiger partial charge on any atom is -0.423 e. The summed E-state index contributed by atoms with van der Waals surface area (Å²) in [6, 6.07) is 0.157. The smallest absolute Gasteiger partial charge is 0.233 e. The van der Waals surface area contributed by atoms with Gasteiger partial charge in [-0.05, 0) is 38.6 Å². The number of rotatable bonds is 3. The lowest BCUT2D eigenvalue weighted by Crippen LogP contribution is -2.12. The van der Waals surface area contributed by atoms with Gasteiger partial charge in [0.15, 0.2) is 0 Å². The fourth-order valence-corrected chi connectivity index (χ4v) is 2.87. The molecule has 0 aliphatic heterocycles. The molecule has 0 amide bonds. The fraction of sp³-hybridized carbons (Fsp3) is 0.818. The van der Waals surface area contributed by atoms with Crippen molar-refractivity contribution >= 4 is 0 Å². The molecule has 3 rings (SSSR count). The first-order chi connectivity index (χ1) is 7.31. The summed E-state index contributed by atoms with van der Waals surface area (Å²) >= 11 is 0. The topological polar surface area (TPSA) is 51.0 Å². The predicted octanol–water partition coefficient (Wildman–Crippen LogP) is 1.86. The summed E-state index contributed by atoms with van der Waals surface area (Å²) in [5, 5.41) is 11.4. The molecule has 1 aromatic heterocycles. The third-order valence-corrected chi connectivity index (χ3v) is 3.95. The number of hydrogen-bond acceptors (Lipinski definition) is 4. The van der Waals surface area contributed by atoms with Crippen LogP contribution >= 0.6 is 0 Å². The van der Waals surface area contributed by atoms with Crippen LogP contribution in [0.4, 0.5) is 0 Å². The predicted molar refractivity (Wildman–Crippen MR) is 55.3 cm³/mol. The summed E-state index contributed by atoms with van der Waals surface area (Å²) in [7, 11) is 1.90. The van der Waals surface area contributed by atoms with Crippen molar-refractivity contribution in [1.29, 1.82) is 0 Å². The second-order valence-electron chi connectivity index (χ2n) is 4.77. The molecule has 4 nitrogen and oxygen atoms in total. The van der Waals surface area contributed by atoms with E-state index in [2.05, 4.69) is 15.5 Å². The zero-order chi connectivity index (χ0) is 10.4. The molecule has 1 N–H and O–H groups in total. The molecule has 2 aliphatic carbocycles. The maximum atomic E-state index is 5.71. The number of nitrogens with zero attached hydrogens (tertiary/aromatic N) is 2. The van der Waals surface area contributed by atoms with Crippen molar-refractivity contribution in [2.75, 3.05) is 7.05 Å². The molecule has 3 unspecified atom stereocenters. The average molecular weight is 207 g/mol. The summed E-state index contributed by atoms with van der Waals surface area (Å²) < 4.78 is 5.71. The fourth-order valence-electron chi connectivity index (χ4n) is 2.87. The lowest BCUT2D eigenvalue weighted by atomic mass is 10.1. The van der Waals surface area contributed by atoms with Crippen molar-refractivity contribution in [1.82, 2.24) is 15.5 Å². The van der Waals surface area contributed by atoms with Crippen LogP contribution < -0.4 is 5.32 Å². The molecule has 15 heavy (non-hydrogen) atoms. The molecular weight excluding hydrogens is 190 g/mol. The van der Waals surface area contributed by atoms with Gasteiger partial charge in [0.2, 0.25) is 11.8 Å². The van der Waals surface area contributed by atoms with E-state index >= 15 is 0 Å². The molecule has 2 saturated carbocycles. The van der Waals surface area contributed by atoms with Gasteiger partial charge in [0.05, 0.1) is 6.04 Å². The molecule has 2 aliphatic rings. The third kappa shape index (κ3) is 1.39. The second kappa shape index (κ2) is 3.30. The van der Waals surface area contributed by atoms with E-state index in [0.29, 0.717) is 5.92 Å². The van der Waals surface area contributed by atoms with E-state index in [1.54, 1.807) is 0 Å². The van der Waals surface area contributed by atoms with E-state index < -0.39 is 0 Å². The highest BCUT2D eigenvalue weighted by atomic mass is 16.4. The van der Waals surface area contributed by atoms with Crippen LogP contribution in [-0.4, -0.2) is 17.2 Å². The van der Waals surface area contributed by atoms with E-state index in [0.717, 1.165) is 23.6 Å². The first-order valence-electron chi connectivity index (χ1n) is 5.82. The zero-order valence-electron chi connectivity index (χ0n) is 9.23. The number of aromatic nitrogens is 2. The lowest BCUT2D eigenvalue weighted by molar-refractivity contribution is 0.395. The first kappa shape index (κ1) is 9.33. The highest BCUT2D eigenvalue weighted by Crippen LogP contribution is 2.62. The van der Waals surface area contributed by atoms with E-state index in [4.69, 9.17) is 4.42 Å². The Morgan fingerprint density at radius 3 is 2.73 bits per heavy atom. The standard InChI is InChI=1S/C11H17N3O/c1-6(12-2)10-13-14-11(15-10)9-7-4-3-5-8(7)9/h6-9,12H,3-5H2,1-2H3. The highest BCUT2D eigenvalue weighted by Gasteiger charge is 2.56. The van der Waals surface area contributed by atoms with Crippen molar-refractivity contribution in [2.45, 2.75) is 38.1 Å². The van der Waals surface area contributed by atoms with Gasteiger partial charge in [0.25, 0.3) is 0 Å². The molecular formula is C11H17N3O. The van der Waals surface area contributed by atoms with E-state index in [9.17, 15) is 0 Å². The number of fused-ring (bicyclic) bond motifs is 1. The van der Waals surface area contributed by atoms with Crippen LogP contribution in [0.5, 0.6) is 0 Å². The van der Waals surface area contributed by atoms with E-state index in [1.165, 1.54) is 19.3 Å². The summed E-state index contributed by atoms with van der Waals surface area (Å²) in [5.41, 5.74) is 0. The Morgan fingerprint density at radius 1 is 1.33 bits per heavy atom. The second-order valence-corrected chi connectivity index (χ2v) is 4.77. The van der Waals surface area contributed by atoms with Crippen LogP contribution in [0.2, 0.25) is 0 Å². The van der Waals surface area contributed by atoms with Crippen molar-refractivity contribution in [2.24, 2.45) is 11.8 Å². The van der Waals surface area contributed by atoms with Gasteiger partial charge in [-0.15, -0.1) is 10.2 Å². The first-order valence-corrected chi connectivity index (χ1v) is 5.82. The zero-order valence-corrected chi connectivity index (χ0v) is 9.23. The van der Waals surface area contributed by atoms with Crippen LogP contribution in [0.3, 0.4) is 0 Å². The van der Waals surface area contributed by atoms with Gasteiger partial charge in [-0.25, -0.2) is 0 Å². The third-order valence-electron chi connectivity index (χ3n) is 3.95. The van der Waals surface area contributed by atoms with Crippen molar-refractivity contribution in [3.8, 4) is 0 Å². The van der Waals surface area contributed by atoms with Crippen molar-refractivity contribution in [3.05, 3.63) is 11.8 Å². The Bertz CT molecular complexity index is 352. The Balaban J connectivity index is 1.75. The van der Waals surface area contributed by atoms with Crippen LogP contribution in [0, 0.1) is 11.8 Å². The Labute approximate surface area is 89.5 Å². The lowest BCUT2D eigenvalue weighted by Gasteiger charge is -2.02. The van der Waals surface area contributed by atoms with Gasteiger partial charge in [0, 0.05) is 5.92 Å². The largest absolute Gasteiger partial charge is 0.423 e. The maximum absolute atomic E-state index is 5.71. The molecule has 0 aromatic carbocycles. The molecule has 0 radical (unpaired) electrons. The highest BCUT2D eigenvalue weighted by molar-refractivity contribution is 5.15. The van der Waals surface area contributed by atoms with Gasteiger partial charge in [-0.1, -0.05) is 6.42 Å². The minimum absolute atomic E-state index is 0.157. The number of hydrogen-bond donors (Lipinski definition) is 1. The van der Waals surface area contributed by atoms with Crippen molar-refractivity contribution < 1.29 is 4.42 Å². The molecule has 2 fully saturated rings. The summed E-state index contributed by atoms with van der Waals surface area (Å²) in [6.07, 6.45) is 4.10. The monoisotopic (exact) mass is 207 g/mol. The van der Waals surface area contributed by atoms with Gasteiger partial charge < -0.3 is 9.73 Å². The van der Waals surface area contributed by atoms with Crippen molar-refractivity contribution in [3.63, 3.8) is 0 Å². The summed E-state index contributed by atoms with van der Waals surface area (Å²) in [5.74, 6) is 3.88. The van der Waals surface area contributed by atoms with Crippen LogP contribution in [0.1, 0.15) is 49.9 Å². The van der Waals surface area contributed by atoms with Gasteiger partial charge in [-0.2, -0.15) is 0 Å². The number of nitrogens with one attached hydrogen (secondary N) is 1. The molecule has 0 saturated heterocycles. The molecule has 3 atom stereocenters. The SMILES string of the molecule is CNC(C)c1nnc(C2C3CCCC32)o1. The summed E-state index contributed by atoms with van der Waals surface area (Å²) in [4.78, 5) is 0. The average Bonchev–Trinajstić information content (AvgIpc) is 2.74. The van der Waals surface area contributed by atoms with Crippen LogP contribution in [-0.2, 0) is 0 Å². The molecule has 1 heterocycles. The Morgan fingerprint density at radius 2 is 2.07 bits per heavy atom. The van der Waals surface area contributed by atoms with Gasteiger partial charge in [-0.3, -0.25) is 0 Å². The van der Waals surface area contributed by atoms with Crippen LogP contribution in [0.25, 0.3) is 0 Å². The summed E-state index contributed by atoms with van der Waals surface area (Å²) in [6.45, 7) is 2.03. The molecule has 0 bridgehead atoms. The normalized spacial score (nSPS) is 35.2. The Hall–Kier alpha value is -0.900. The van der Waals surface area contributed by atoms with E-state index in [-0.39, 0.29) is 6.04 Å². The van der Waals surface area contributed by atoms with Gasteiger partial charge >= 0.3 is 0 Å². The van der Waals surface area contributed by atoms with Crippen LogP contribution in [0.15, 0.2) is 4.42 Å².